The quantitative estimate of drug-likeness (QED) is 0.787. The van der Waals surface area contributed by atoms with Crippen LogP contribution in [0.1, 0.15) is 38.8 Å². The number of rotatable bonds is 2. The summed E-state index contributed by atoms with van der Waals surface area (Å²) in [5.41, 5.74) is 2.93. The molecular weight excluding hydrogens is 252 g/mol. The smallest absolute Gasteiger partial charge is 0.308 e. The molecule has 0 saturated carbocycles. The molecule has 20 heavy (non-hydrogen) atoms. The van der Waals surface area contributed by atoms with Crippen molar-refractivity contribution in [1.29, 1.82) is 0 Å². The van der Waals surface area contributed by atoms with E-state index < -0.39 is 5.60 Å². The second-order valence-electron chi connectivity index (χ2n) is 6.08. The average molecular weight is 270 g/mol. The lowest BCUT2D eigenvalue weighted by molar-refractivity contribution is -0.155. The molecule has 104 valence electrons. The van der Waals surface area contributed by atoms with Gasteiger partial charge in [0, 0.05) is 5.56 Å². The number of carbonyl (C=O) groups is 1. The van der Waals surface area contributed by atoms with Crippen LogP contribution in [0, 0.1) is 0 Å². The molecule has 1 atom stereocenters. The number of hydrogen-bond donors (Lipinski definition) is 0. The molecule has 0 bridgehead atoms. The monoisotopic (exact) mass is 270 g/mol. The minimum Gasteiger partial charge on any atom is -0.460 e. The maximum Gasteiger partial charge on any atom is 0.308 e. The number of fused-ring (bicyclic) bond motifs is 3. The van der Waals surface area contributed by atoms with Gasteiger partial charge in [0.2, 0.25) is 0 Å². The summed E-state index contributed by atoms with van der Waals surface area (Å²) in [4.78, 5) is 16.3. The van der Waals surface area contributed by atoms with Crippen molar-refractivity contribution in [2.45, 2.75) is 38.8 Å². The minimum absolute atomic E-state index is 0.0152. The summed E-state index contributed by atoms with van der Waals surface area (Å²) < 4.78 is 7.48. The predicted molar refractivity (Wildman–Crippen MR) is 76.3 cm³/mol. The second kappa shape index (κ2) is 4.47. The Morgan fingerprint density at radius 1 is 1.35 bits per heavy atom. The van der Waals surface area contributed by atoms with Gasteiger partial charge in [-0.3, -0.25) is 4.79 Å². The van der Waals surface area contributed by atoms with Crippen LogP contribution in [0.3, 0.4) is 0 Å². The summed E-state index contributed by atoms with van der Waals surface area (Å²) in [7, 11) is 0. The van der Waals surface area contributed by atoms with Gasteiger partial charge >= 0.3 is 5.97 Å². The van der Waals surface area contributed by atoms with Crippen molar-refractivity contribution in [2.24, 2.45) is 0 Å². The Kier molecular flexibility index (Phi) is 2.89. The Balaban J connectivity index is 1.90. The highest BCUT2D eigenvalue weighted by Gasteiger charge is 2.31. The van der Waals surface area contributed by atoms with Crippen LogP contribution in [0.2, 0.25) is 0 Å². The van der Waals surface area contributed by atoms with Crippen molar-refractivity contribution in [3.05, 3.63) is 42.4 Å². The van der Waals surface area contributed by atoms with Crippen LogP contribution in [0.15, 0.2) is 36.8 Å². The Labute approximate surface area is 118 Å². The molecule has 0 radical (unpaired) electrons. The van der Waals surface area contributed by atoms with E-state index in [1.807, 2.05) is 39.1 Å². The van der Waals surface area contributed by atoms with E-state index in [1.54, 1.807) is 6.33 Å². The van der Waals surface area contributed by atoms with Gasteiger partial charge in [-0.25, -0.2) is 4.98 Å². The molecule has 1 aromatic carbocycles. The van der Waals surface area contributed by atoms with E-state index in [4.69, 9.17) is 4.74 Å². The molecule has 1 unspecified atom stereocenters. The molecule has 4 heteroatoms. The molecule has 0 spiro atoms. The zero-order valence-corrected chi connectivity index (χ0v) is 12.0. The molecule has 0 fully saturated rings. The third kappa shape index (κ3) is 2.22. The first-order valence-electron chi connectivity index (χ1n) is 6.79. The van der Waals surface area contributed by atoms with Crippen LogP contribution in [-0.2, 0) is 9.53 Å². The molecule has 1 aliphatic rings. The van der Waals surface area contributed by atoms with E-state index in [-0.39, 0.29) is 12.0 Å². The average Bonchev–Trinajstić information content (AvgIpc) is 2.91. The maximum atomic E-state index is 12.1. The van der Waals surface area contributed by atoms with Gasteiger partial charge in [0.05, 0.1) is 30.7 Å². The highest BCUT2D eigenvalue weighted by Crippen LogP contribution is 2.40. The van der Waals surface area contributed by atoms with Gasteiger partial charge in [0.25, 0.3) is 0 Å². The first-order valence-corrected chi connectivity index (χ1v) is 6.79. The molecule has 0 N–H and O–H groups in total. The highest BCUT2D eigenvalue weighted by atomic mass is 16.6. The number of hydrogen-bond acceptors (Lipinski definition) is 3. The number of benzene rings is 1. The van der Waals surface area contributed by atoms with E-state index in [0.717, 1.165) is 16.8 Å². The SMILES string of the molecule is CC(C)(C)OC(=O)CC1c2ccccc2-c2cncn21. The van der Waals surface area contributed by atoms with Crippen LogP contribution in [0.4, 0.5) is 0 Å². The summed E-state index contributed by atoms with van der Waals surface area (Å²) in [6.45, 7) is 5.66. The van der Waals surface area contributed by atoms with Crippen LogP contribution in [0.25, 0.3) is 11.3 Å². The van der Waals surface area contributed by atoms with Crippen molar-refractivity contribution in [1.82, 2.24) is 9.55 Å². The molecule has 4 nitrogen and oxygen atoms in total. The van der Waals surface area contributed by atoms with Crippen LogP contribution in [0.5, 0.6) is 0 Å². The van der Waals surface area contributed by atoms with Crippen LogP contribution >= 0.6 is 0 Å². The molecular formula is C16H18N2O2. The third-order valence-corrected chi connectivity index (χ3v) is 3.38. The normalized spacial score (nSPS) is 16.6. The van der Waals surface area contributed by atoms with Gasteiger partial charge in [0.15, 0.2) is 0 Å². The van der Waals surface area contributed by atoms with Gasteiger partial charge in [-0.15, -0.1) is 0 Å². The number of imidazole rings is 1. The fraction of sp³-hybridized carbons (Fsp3) is 0.375. The van der Waals surface area contributed by atoms with Crippen molar-refractivity contribution in [2.75, 3.05) is 0 Å². The number of ether oxygens (including phenoxy) is 1. The Morgan fingerprint density at radius 3 is 2.85 bits per heavy atom. The zero-order valence-electron chi connectivity index (χ0n) is 12.0. The van der Waals surface area contributed by atoms with Gasteiger partial charge in [-0.05, 0) is 26.3 Å². The first kappa shape index (κ1) is 12.9. The Morgan fingerprint density at radius 2 is 2.10 bits per heavy atom. The van der Waals surface area contributed by atoms with E-state index in [1.165, 1.54) is 0 Å². The predicted octanol–water partition coefficient (Wildman–Crippen LogP) is 3.18. The van der Waals surface area contributed by atoms with E-state index in [9.17, 15) is 4.79 Å². The molecule has 3 rings (SSSR count). The van der Waals surface area contributed by atoms with E-state index in [2.05, 4.69) is 21.7 Å². The van der Waals surface area contributed by atoms with Crippen molar-refractivity contribution in [3.8, 4) is 11.3 Å². The van der Waals surface area contributed by atoms with E-state index in [0.29, 0.717) is 6.42 Å². The molecule has 2 heterocycles. The number of nitrogens with zero attached hydrogens (tertiary/aromatic N) is 2. The summed E-state index contributed by atoms with van der Waals surface area (Å²) in [6, 6.07) is 8.13. The van der Waals surface area contributed by atoms with Gasteiger partial charge in [0.1, 0.15) is 5.60 Å². The zero-order chi connectivity index (χ0) is 14.3. The second-order valence-corrected chi connectivity index (χ2v) is 6.08. The fourth-order valence-corrected chi connectivity index (χ4v) is 2.68. The fourth-order valence-electron chi connectivity index (χ4n) is 2.68. The van der Waals surface area contributed by atoms with Crippen molar-refractivity contribution in [3.63, 3.8) is 0 Å². The van der Waals surface area contributed by atoms with E-state index >= 15 is 0 Å². The number of carbonyl (C=O) groups excluding carboxylic acids is 1. The molecule has 2 aromatic rings. The third-order valence-electron chi connectivity index (χ3n) is 3.38. The summed E-state index contributed by atoms with van der Waals surface area (Å²) in [5.74, 6) is -0.182. The Hall–Kier alpha value is -2.10. The lowest BCUT2D eigenvalue weighted by Crippen LogP contribution is -2.25. The lowest BCUT2D eigenvalue weighted by Gasteiger charge is -2.21. The van der Waals surface area contributed by atoms with Gasteiger partial charge in [-0.2, -0.15) is 0 Å². The lowest BCUT2D eigenvalue weighted by atomic mass is 10.0. The van der Waals surface area contributed by atoms with Crippen molar-refractivity contribution < 1.29 is 9.53 Å². The minimum atomic E-state index is -0.451. The summed E-state index contributed by atoms with van der Waals surface area (Å²) in [5, 5.41) is 0. The summed E-state index contributed by atoms with van der Waals surface area (Å²) >= 11 is 0. The van der Waals surface area contributed by atoms with Crippen LogP contribution in [-0.4, -0.2) is 21.1 Å². The first-order chi connectivity index (χ1) is 9.46. The molecule has 0 amide bonds. The molecule has 1 aliphatic heterocycles. The molecule has 1 aromatic heterocycles. The highest BCUT2D eigenvalue weighted by molar-refractivity contribution is 5.75. The Bertz CT molecular complexity index is 652. The van der Waals surface area contributed by atoms with Crippen LogP contribution < -0.4 is 0 Å². The van der Waals surface area contributed by atoms with Crippen molar-refractivity contribution >= 4 is 5.97 Å². The summed E-state index contributed by atoms with van der Waals surface area (Å²) in [6.07, 6.45) is 3.95. The standard InChI is InChI=1S/C16H18N2O2/c1-16(2,3)20-15(19)8-13-11-6-4-5-7-12(11)14-9-17-10-18(13)14/h4-7,9-10,13H,8H2,1-3H3. The topological polar surface area (TPSA) is 44.1 Å². The molecule has 0 saturated heterocycles. The molecule has 0 aliphatic carbocycles. The number of esters is 1. The maximum absolute atomic E-state index is 12.1. The van der Waals surface area contributed by atoms with Gasteiger partial charge in [-0.1, -0.05) is 24.3 Å². The largest absolute Gasteiger partial charge is 0.460 e. The van der Waals surface area contributed by atoms with Gasteiger partial charge < -0.3 is 9.30 Å². The number of aromatic nitrogens is 2.